The van der Waals surface area contributed by atoms with Crippen LogP contribution in [0.5, 0.6) is 0 Å². The van der Waals surface area contributed by atoms with E-state index >= 15 is 0 Å². The highest BCUT2D eigenvalue weighted by Gasteiger charge is 2.20. The average Bonchev–Trinajstić information content (AvgIpc) is 2.40. The molecule has 0 aliphatic carbocycles. The van der Waals surface area contributed by atoms with Crippen molar-refractivity contribution in [2.24, 2.45) is 11.7 Å². The van der Waals surface area contributed by atoms with Crippen molar-refractivity contribution in [1.29, 1.82) is 0 Å². The van der Waals surface area contributed by atoms with Crippen molar-refractivity contribution in [2.45, 2.75) is 39.0 Å². The Morgan fingerprint density at radius 3 is 2.65 bits per heavy atom. The van der Waals surface area contributed by atoms with E-state index in [0.717, 1.165) is 23.2 Å². The fourth-order valence-electron chi connectivity index (χ4n) is 1.92. The van der Waals surface area contributed by atoms with Crippen molar-refractivity contribution in [3.8, 4) is 0 Å². The van der Waals surface area contributed by atoms with Crippen LogP contribution in [0.4, 0.5) is 5.69 Å². The second-order valence-corrected chi connectivity index (χ2v) is 6.64. The predicted molar refractivity (Wildman–Crippen MR) is 85.0 cm³/mol. The first-order valence-corrected chi connectivity index (χ1v) is 8.54. The van der Waals surface area contributed by atoms with Gasteiger partial charge < -0.3 is 11.1 Å². The fraction of sp³-hybridized carbons (Fsp3) is 0.533. The number of nitrogens with two attached hydrogens (primary N) is 1. The molecule has 0 aliphatic rings. The van der Waals surface area contributed by atoms with E-state index in [1.165, 1.54) is 0 Å². The van der Waals surface area contributed by atoms with Crippen LogP contribution in [0.1, 0.15) is 31.4 Å². The van der Waals surface area contributed by atoms with Gasteiger partial charge in [0.1, 0.15) is 0 Å². The van der Waals surface area contributed by atoms with Gasteiger partial charge in [-0.2, -0.15) is 0 Å². The van der Waals surface area contributed by atoms with Crippen molar-refractivity contribution in [3.63, 3.8) is 0 Å². The largest absolute Gasteiger partial charge is 0.324 e. The Bertz CT molecular complexity index is 503. The molecular formula is C15H24N2O2S. The minimum absolute atomic E-state index is 0.140. The molecule has 5 heteroatoms. The third-order valence-electron chi connectivity index (χ3n) is 3.62. The molecule has 1 aromatic carbocycles. The molecule has 0 saturated heterocycles. The summed E-state index contributed by atoms with van der Waals surface area (Å²) in [6.45, 7) is 5.90. The number of carbonyl (C=O) groups is 1. The molecule has 0 aromatic heterocycles. The zero-order valence-corrected chi connectivity index (χ0v) is 13.4. The summed E-state index contributed by atoms with van der Waals surface area (Å²) in [5.41, 5.74) is 8.61. The Balaban J connectivity index is 2.88. The third-order valence-corrected chi connectivity index (χ3v) is 4.34. The van der Waals surface area contributed by atoms with Gasteiger partial charge in [-0.15, -0.1) is 0 Å². The van der Waals surface area contributed by atoms with Crippen molar-refractivity contribution >= 4 is 22.4 Å². The highest BCUT2D eigenvalue weighted by atomic mass is 32.2. The monoisotopic (exact) mass is 296 g/mol. The van der Waals surface area contributed by atoms with Gasteiger partial charge in [0.05, 0.1) is 6.04 Å². The molecule has 3 N–H and O–H groups in total. The first-order chi connectivity index (χ1) is 9.36. The zero-order chi connectivity index (χ0) is 15.3. The molecule has 0 heterocycles. The molecule has 3 unspecified atom stereocenters. The minimum atomic E-state index is -0.903. The second-order valence-electron chi connectivity index (χ2n) is 5.21. The number of benzene rings is 1. The van der Waals surface area contributed by atoms with Crippen molar-refractivity contribution < 1.29 is 9.00 Å². The lowest BCUT2D eigenvalue weighted by atomic mass is 9.99. The molecule has 0 saturated carbocycles. The highest BCUT2D eigenvalue weighted by molar-refractivity contribution is 7.83. The van der Waals surface area contributed by atoms with Gasteiger partial charge in [-0.3, -0.25) is 9.00 Å². The smallest absolute Gasteiger partial charge is 0.241 e. The van der Waals surface area contributed by atoms with E-state index in [9.17, 15) is 9.00 Å². The molecule has 4 nitrogen and oxygen atoms in total. The van der Waals surface area contributed by atoms with Crippen LogP contribution in [0.3, 0.4) is 0 Å². The summed E-state index contributed by atoms with van der Waals surface area (Å²) in [5, 5.41) is 2.88. The van der Waals surface area contributed by atoms with E-state index in [2.05, 4.69) is 5.32 Å². The molecule has 20 heavy (non-hydrogen) atoms. The van der Waals surface area contributed by atoms with Crippen LogP contribution in [-0.4, -0.2) is 22.4 Å². The van der Waals surface area contributed by atoms with Gasteiger partial charge in [0.25, 0.3) is 0 Å². The summed E-state index contributed by atoms with van der Waals surface area (Å²) in [5.74, 6) is 0.464. The van der Waals surface area contributed by atoms with E-state index in [4.69, 9.17) is 5.73 Å². The molecule has 3 atom stereocenters. The lowest BCUT2D eigenvalue weighted by Crippen LogP contribution is -2.40. The summed E-state index contributed by atoms with van der Waals surface area (Å²) < 4.78 is 11.3. The maximum Gasteiger partial charge on any atom is 0.241 e. The lowest BCUT2D eigenvalue weighted by Gasteiger charge is -2.19. The van der Waals surface area contributed by atoms with Crippen LogP contribution in [-0.2, 0) is 21.3 Å². The zero-order valence-electron chi connectivity index (χ0n) is 12.6. The number of hydrogen-bond donors (Lipinski definition) is 2. The average molecular weight is 296 g/mol. The highest BCUT2D eigenvalue weighted by Crippen LogP contribution is 2.20. The summed E-state index contributed by atoms with van der Waals surface area (Å²) in [7, 11) is -0.903. The van der Waals surface area contributed by atoms with Gasteiger partial charge in [-0.25, -0.2) is 0 Å². The Morgan fingerprint density at radius 1 is 1.45 bits per heavy atom. The molecule has 1 aromatic rings. The molecule has 0 spiro atoms. The van der Waals surface area contributed by atoms with Crippen LogP contribution in [0.2, 0.25) is 0 Å². The van der Waals surface area contributed by atoms with E-state index in [0.29, 0.717) is 5.75 Å². The number of carbonyl (C=O) groups excluding carboxylic acids is 1. The quantitative estimate of drug-likeness (QED) is 0.845. The van der Waals surface area contributed by atoms with Crippen molar-refractivity contribution in [3.05, 3.63) is 29.3 Å². The van der Waals surface area contributed by atoms with Gasteiger partial charge in [-0.1, -0.05) is 32.4 Å². The standard InChI is InChI=1S/C15H24N2O2S/c1-5-10(2)14(16)15(18)17-13-8-6-7-12(11(13)3)9-20(4)19/h6-8,10,14H,5,9,16H2,1-4H3,(H,17,18). The first kappa shape index (κ1) is 16.9. The van der Waals surface area contributed by atoms with E-state index in [1.54, 1.807) is 6.26 Å². The number of amides is 1. The number of nitrogens with one attached hydrogen (secondary N) is 1. The van der Waals surface area contributed by atoms with Crippen LogP contribution >= 0.6 is 0 Å². The van der Waals surface area contributed by atoms with Gasteiger partial charge >= 0.3 is 0 Å². The molecule has 112 valence electrons. The number of rotatable bonds is 6. The SMILES string of the molecule is CCC(C)C(N)C(=O)Nc1cccc(CS(C)=O)c1C. The maximum atomic E-state index is 12.1. The molecule has 0 aliphatic heterocycles. The molecule has 0 bridgehead atoms. The van der Waals surface area contributed by atoms with Crippen molar-refractivity contribution in [1.82, 2.24) is 0 Å². The Kier molecular flexibility index (Phi) is 6.36. The third kappa shape index (κ3) is 4.42. The number of anilines is 1. The summed E-state index contributed by atoms with van der Waals surface area (Å²) in [6.07, 6.45) is 2.53. The van der Waals surface area contributed by atoms with E-state index in [1.807, 2.05) is 39.0 Å². The second kappa shape index (κ2) is 7.55. The molecular weight excluding hydrogens is 272 g/mol. The first-order valence-electron chi connectivity index (χ1n) is 6.81. The topological polar surface area (TPSA) is 72.2 Å². The molecule has 1 amide bonds. The normalized spacial score (nSPS) is 15.4. The van der Waals surface area contributed by atoms with E-state index in [-0.39, 0.29) is 11.8 Å². The summed E-state index contributed by atoms with van der Waals surface area (Å²) in [6, 6.07) is 5.13. The molecule has 1 rings (SSSR count). The van der Waals surface area contributed by atoms with Gasteiger partial charge in [0.2, 0.25) is 5.91 Å². The Labute approximate surface area is 123 Å². The summed E-state index contributed by atoms with van der Waals surface area (Å²) >= 11 is 0. The molecule has 0 radical (unpaired) electrons. The van der Waals surface area contributed by atoms with Crippen LogP contribution in [0.25, 0.3) is 0 Å². The Hall–Kier alpha value is -1.20. The lowest BCUT2D eigenvalue weighted by molar-refractivity contribution is -0.118. The van der Waals surface area contributed by atoms with Crippen LogP contribution < -0.4 is 11.1 Å². The fourth-order valence-corrected chi connectivity index (χ4v) is 2.67. The van der Waals surface area contributed by atoms with E-state index < -0.39 is 16.8 Å². The Morgan fingerprint density at radius 2 is 2.10 bits per heavy atom. The van der Waals surface area contributed by atoms with Gasteiger partial charge in [0, 0.05) is 28.5 Å². The minimum Gasteiger partial charge on any atom is -0.324 e. The predicted octanol–water partition coefficient (Wildman–Crippen LogP) is 2.19. The number of hydrogen-bond acceptors (Lipinski definition) is 3. The van der Waals surface area contributed by atoms with Crippen molar-refractivity contribution in [2.75, 3.05) is 11.6 Å². The van der Waals surface area contributed by atoms with Crippen LogP contribution in [0.15, 0.2) is 18.2 Å². The summed E-state index contributed by atoms with van der Waals surface area (Å²) in [4.78, 5) is 12.1. The van der Waals surface area contributed by atoms with Gasteiger partial charge in [0.15, 0.2) is 0 Å². The van der Waals surface area contributed by atoms with Crippen LogP contribution in [0, 0.1) is 12.8 Å². The maximum absolute atomic E-state index is 12.1. The van der Waals surface area contributed by atoms with Gasteiger partial charge in [-0.05, 0) is 30.0 Å². The molecule has 0 fully saturated rings.